The molecule has 8 nitrogen and oxygen atoms in total. The largest absolute Gasteiger partial charge is 0.461 e. The minimum Gasteiger partial charge on any atom is -0.461 e. The summed E-state index contributed by atoms with van der Waals surface area (Å²) in [5, 5.41) is 10.9. The summed E-state index contributed by atoms with van der Waals surface area (Å²) in [4.78, 5) is 45.1. The molecular weight excluding hydrogens is 508 g/mol. The van der Waals surface area contributed by atoms with E-state index in [1.807, 2.05) is 32.9 Å². The average molecular weight is 545 g/mol. The van der Waals surface area contributed by atoms with Crippen LogP contribution in [0.25, 0.3) is 0 Å². The second kappa shape index (κ2) is 11.2. The van der Waals surface area contributed by atoms with E-state index < -0.39 is 41.6 Å². The van der Waals surface area contributed by atoms with E-state index in [9.17, 15) is 19.5 Å². The van der Waals surface area contributed by atoms with E-state index in [-0.39, 0.29) is 37.5 Å². The number of anilines is 1. The molecule has 3 heterocycles. The Morgan fingerprint density at radius 3 is 2.71 bits per heavy atom. The predicted octanol–water partition coefficient (Wildman–Crippen LogP) is 3.68. The molecule has 3 fully saturated rings. The number of aliphatic hydroxyl groups excluding tert-OH is 1. The van der Waals surface area contributed by atoms with Crippen molar-refractivity contribution in [2.24, 2.45) is 17.8 Å². The van der Waals surface area contributed by atoms with Gasteiger partial charge in [0.25, 0.3) is 5.91 Å². The maximum atomic E-state index is 14.6. The molecule has 0 aliphatic carbocycles. The number of fused-ring (bicyclic) bond motifs is 1. The number of benzene rings is 1. The topological polar surface area (TPSA) is 96.4 Å². The van der Waals surface area contributed by atoms with Crippen LogP contribution in [0.1, 0.15) is 38.7 Å². The number of carbonyl (C=O) groups is 3. The number of hydrogen-bond donors (Lipinski definition) is 1. The van der Waals surface area contributed by atoms with E-state index in [0.29, 0.717) is 30.0 Å². The Morgan fingerprint density at radius 2 is 2.11 bits per heavy atom. The third kappa shape index (κ3) is 4.36. The Morgan fingerprint density at radius 1 is 1.37 bits per heavy atom. The molecule has 0 saturated carbocycles. The Kier molecular flexibility index (Phi) is 8.35. The number of amides is 2. The molecule has 9 heteroatoms. The SMILES string of the molecule is C=CCOC(=O)[C@@H]1[C@@H]2CCC3(O2)C(C(=O)N(CC=C)c2c(C)cccc2Cl)N([C@@H](CO)[C@@H](C)CC)C(=O)[C@H]13. The molecule has 4 rings (SSSR count). The maximum absolute atomic E-state index is 14.6. The highest BCUT2D eigenvalue weighted by Crippen LogP contribution is 2.59. The van der Waals surface area contributed by atoms with Crippen LogP contribution in [0.3, 0.4) is 0 Å². The molecule has 3 saturated heterocycles. The van der Waals surface area contributed by atoms with Gasteiger partial charge in [-0.15, -0.1) is 6.58 Å². The Bertz CT molecular complexity index is 1100. The van der Waals surface area contributed by atoms with Crippen molar-refractivity contribution < 1.29 is 29.0 Å². The van der Waals surface area contributed by atoms with Gasteiger partial charge in [0, 0.05) is 6.54 Å². The smallest absolute Gasteiger partial charge is 0.312 e. The highest BCUT2D eigenvalue weighted by atomic mass is 35.5. The number of halogens is 1. The van der Waals surface area contributed by atoms with Crippen LogP contribution in [0.5, 0.6) is 0 Å². The molecule has 206 valence electrons. The number of esters is 1. The van der Waals surface area contributed by atoms with E-state index in [4.69, 9.17) is 21.1 Å². The van der Waals surface area contributed by atoms with Crippen LogP contribution in [-0.2, 0) is 23.9 Å². The zero-order valence-electron chi connectivity index (χ0n) is 22.3. The van der Waals surface area contributed by atoms with Crippen molar-refractivity contribution in [3.63, 3.8) is 0 Å². The standard InChI is InChI=1S/C29H37ClN2O6/c1-6-14-31(24-18(5)10-9-11-19(24)30)27(35)25-29-13-12-21(38-29)22(28(36)37-15-7-2)23(29)26(34)32(25)20(16-33)17(4)8-3/h6-7,9-11,17,20-23,25,33H,1-2,8,12-16H2,3-5H3/t17-,20-,21-,22+,23-,25?,29?/m0/s1. The maximum Gasteiger partial charge on any atom is 0.312 e. The first-order valence-electron chi connectivity index (χ1n) is 13.2. The number of nitrogens with zero attached hydrogens (tertiary/aromatic N) is 2. The molecular formula is C29H37ClN2O6. The number of hydrogen-bond acceptors (Lipinski definition) is 6. The lowest BCUT2D eigenvalue weighted by Gasteiger charge is -2.41. The third-order valence-electron chi connectivity index (χ3n) is 8.47. The molecule has 2 bridgehead atoms. The predicted molar refractivity (Wildman–Crippen MR) is 145 cm³/mol. The van der Waals surface area contributed by atoms with Crippen LogP contribution in [-0.4, -0.2) is 71.3 Å². The molecule has 1 N–H and O–H groups in total. The molecule has 0 aromatic heterocycles. The number of ether oxygens (including phenoxy) is 2. The van der Waals surface area contributed by atoms with Crippen molar-refractivity contribution in [2.75, 3.05) is 24.7 Å². The number of carbonyl (C=O) groups excluding carboxylic acids is 3. The fourth-order valence-corrected chi connectivity index (χ4v) is 6.90. The molecule has 7 atom stereocenters. The lowest BCUT2D eigenvalue weighted by molar-refractivity contribution is -0.155. The van der Waals surface area contributed by atoms with Gasteiger partial charge >= 0.3 is 5.97 Å². The number of likely N-dealkylation sites (tertiary alicyclic amines) is 1. The highest BCUT2D eigenvalue weighted by Gasteiger charge is 2.75. The summed E-state index contributed by atoms with van der Waals surface area (Å²) < 4.78 is 11.9. The minimum absolute atomic E-state index is 0.0209. The number of rotatable bonds is 11. The number of aryl methyl sites for hydroxylation is 1. The van der Waals surface area contributed by atoms with E-state index in [2.05, 4.69) is 13.2 Å². The molecule has 2 unspecified atom stereocenters. The summed E-state index contributed by atoms with van der Waals surface area (Å²) in [5.41, 5.74) is 0.109. The van der Waals surface area contributed by atoms with Gasteiger partial charge in [-0.25, -0.2) is 0 Å². The molecule has 1 aromatic rings. The van der Waals surface area contributed by atoms with Crippen LogP contribution in [0.15, 0.2) is 43.5 Å². The first-order chi connectivity index (χ1) is 18.2. The fraction of sp³-hybridized carbons (Fsp3) is 0.552. The summed E-state index contributed by atoms with van der Waals surface area (Å²) in [7, 11) is 0. The normalized spacial score (nSPS) is 29.1. The van der Waals surface area contributed by atoms with E-state index in [1.54, 1.807) is 12.1 Å². The summed E-state index contributed by atoms with van der Waals surface area (Å²) in [6, 6.07) is 3.70. The Balaban J connectivity index is 1.86. The van der Waals surface area contributed by atoms with Crippen molar-refractivity contribution in [3.8, 4) is 0 Å². The molecule has 2 amide bonds. The third-order valence-corrected chi connectivity index (χ3v) is 8.77. The molecule has 3 aliphatic rings. The Hall–Kier alpha value is -2.68. The second-order valence-electron chi connectivity index (χ2n) is 10.5. The van der Waals surface area contributed by atoms with Gasteiger partial charge < -0.3 is 24.4 Å². The summed E-state index contributed by atoms with van der Waals surface area (Å²) in [6.07, 6.45) is 4.20. The fourth-order valence-electron chi connectivity index (χ4n) is 6.58. The first kappa shape index (κ1) is 28.3. The van der Waals surface area contributed by atoms with Gasteiger partial charge in [0.2, 0.25) is 5.91 Å². The van der Waals surface area contributed by atoms with Crippen LogP contribution in [0.2, 0.25) is 5.02 Å². The summed E-state index contributed by atoms with van der Waals surface area (Å²) >= 11 is 6.59. The van der Waals surface area contributed by atoms with Crippen molar-refractivity contribution in [2.45, 2.75) is 63.8 Å². The lowest BCUT2D eigenvalue weighted by atomic mass is 9.70. The van der Waals surface area contributed by atoms with Gasteiger partial charge in [-0.1, -0.05) is 62.7 Å². The van der Waals surface area contributed by atoms with Gasteiger partial charge in [-0.2, -0.15) is 0 Å². The highest BCUT2D eigenvalue weighted by molar-refractivity contribution is 6.34. The molecule has 0 radical (unpaired) electrons. The van der Waals surface area contributed by atoms with Crippen molar-refractivity contribution in [3.05, 3.63) is 54.1 Å². The van der Waals surface area contributed by atoms with E-state index >= 15 is 0 Å². The summed E-state index contributed by atoms with van der Waals surface area (Å²) in [5.74, 6) is -3.09. The second-order valence-corrected chi connectivity index (χ2v) is 10.9. The van der Waals surface area contributed by atoms with Gasteiger partial charge in [0.1, 0.15) is 18.2 Å². The zero-order valence-corrected chi connectivity index (χ0v) is 23.0. The lowest BCUT2D eigenvalue weighted by Crippen LogP contribution is -2.60. The zero-order chi connectivity index (χ0) is 27.8. The molecule has 3 aliphatic heterocycles. The van der Waals surface area contributed by atoms with Crippen LogP contribution in [0, 0.1) is 24.7 Å². The summed E-state index contributed by atoms with van der Waals surface area (Å²) in [6.45, 7) is 13.1. The Labute approximate surface area is 229 Å². The molecule has 1 aromatic carbocycles. The number of aliphatic hydroxyl groups is 1. The first-order valence-corrected chi connectivity index (χ1v) is 13.6. The van der Waals surface area contributed by atoms with E-state index in [0.717, 1.165) is 5.56 Å². The van der Waals surface area contributed by atoms with Gasteiger partial charge in [0.15, 0.2) is 0 Å². The van der Waals surface area contributed by atoms with Gasteiger partial charge in [-0.05, 0) is 37.3 Å². The van der Waals surface area contributed by atoms with Crippen LogP contribution >= 0.6 is 11.6 Å². The minimum atomic E-state index is -1.22. The quantitative estimate of drug-likeness (QED) is 0.337. The van der Waals surface area contributed by atoms with Crippen LogP contribution < -0.4 is 4.90 Å². The molecule has 1 spiro atoms. The average Bonchev–Trinajstić information content (AvgIpc) is 3.54. The van der Waals surface area contributed by atoms with Crippen LogP contribution in [0.4, 0.5) is 5.69 Å². The van der Waals surface area contributed by atoms with Crippen molar-refractivity contribution >= 4 is 35.1 Å². The van der Waals surface area contributed by atoms with E-state index in [1.165, 1.54) is 15.9 Å². The van der Waals surface area contributed by atoms with Crippen molar-refractivity contribution in [1.29, 1.82) is 0 Å². The molecule has 38 heavy (non-hydrogen) atoms. The monoisotopic (exact) mass is 544 g/mol. The van der Waals surface area contributed by atoms with Gasteiger partial charge in [0.05, 0.1) is 41.3 Å². The van der Waals surface area contributed by atoms with Gasteiger partial charge in [-0.3, -0.25) is 14.4 Å². The number of para-hydroxylation sites is 1. The van der Waals surface area contributed by atoms with Crippen molar-refractivity contribution in [1.82, 2.24) is 4.90 Å².